The van der Waals surface area contributed by atoms with Gasteiger partial charge in [-0.2, -0.15) is 0 Å². The highest BCUT2D eigenvalue weighted by Crippen LogP contribution is 2.48. The third-order valence-electron chi connectivity index (χ3n) is 4.90. The van der Waals surface area contributed by atoms with Crippen LogP contribution in [0.5, 0.6) is 0 Å². The van der Waals surface area contributed by atoms with Crippen LogP contribution in [0, 0.1) is 12.8 Å². The van der Waals surface area contributed by atoms with Crippen molar-refractivity contribution in [2.75, 3.05) is 11.9 Å². The smallest absolute Gasteiger partial charge is 0.410 e. The number of anilines is 1. The molecule has 0 saturated heterocycles. The lowest BCUT2D eigenvalue weighted by Crippen LogP contribution is -2.40. The summed E-state index contributed by atoms with van der Waals surface area (Å²) in [5.74, 6) is 0.706. The molecule has 0 aromatic carbocycles. The lowest BCUT2D eigenvalue weighted by Gasteiger charge is -2.28. The number of thiophene rings is 1. The number of aryl methyl sites for hydroxylation is 1. The van der Waals surface area contributed by atoms with E-state index in [1.807, 2.05) is 44.7 Å². The van der Waals surface area contributed by atoms with Gasteiger partial charge < -0.3 is 9.64 Å². The summed E-state index contributed by atoms with van der Waals surface area (Å²) in [6, 6.07) is 4.00. The van der Waals surface area contributed by atoms with E-state index in [2.05, 4.69) is 15.5 Å². The second-order valence-corrected chi connectivity index (χ2v) is 11.1. The number of carbonyl (C=O) groups excluding carboxylic acids is 2. The Hall–Kier alpha value is -2.00. The first kappa shape index (κ1) is 20.3. The molecule has 0 aliphatic heterocycles. The second kappa shape index (κ2) is 7.68. The van der Waals surface area contributed by atoms with E-state index in [1.54, 1.807) is 0 Å². The van der Waals surface area contributed by atoms with Crippen molar-refractivity contribution in [1.29, 1.82) is 0 Å². The van der Waals surface area contributed by atoms with E-state index in [0.29, 0.717) is 15.9 Å². The summed E-state index contributed by atoms with van der Waals surface area (Å²) in [7, 11) is 0. The molecule has 4 rings (SSSR count). The maximum absolute atomic E-state index is 12.7. The molecule has 2 atom stereocenters. The number of carbonyl (C=O) groups is 2. The quantitative estimate of drug-likeness (QED) is 0.715. The number of ether oxygens (including phenoxy) is 1. The van der Waals surface area contributed by atoms with Gasteiger partial charge in [0.15, 0.2) is 0 Å². The van der Waals surface area contributed by atoms with Gasteiger partial charge in [0.05, 0.1) is 4.88 Å². The van der Waals surface area contributed by atoms with Crippen molar-refractivity contribution >= 4 is 39.8 Å². The number of hydrogen-bond donors (Lipinski definition) is 1. The van der Waals surface area contributed by atoms with Crippen molar-refractivity contribution in [3.05, 3.63) is 26.9 Å². The van der Waals surface area contributed by atoms with Gasteiger partial charge in [0, 0.05) is 23.4 Å². The molecule has 29 heavy (non-hydrogen) atoms. The number of hydrogen-bond acceptors (Lipinski definition) is 7. The Morgan fingerprint density at radius 2 is 2.00 bits per heavy atom. The van der Waals surface area contributed by atoms with Gasteiger partial charge in [0.25, 0.3) is 5.91 Å². The van der Waals surface area contributed by atoms with Crippen molar-refractivity contribution in [3.63, 3.8) is 0 Å². The number of nitrogens with one attached hydrogen (secondary N) is 1. The summed E-state index contributed by atoms with van der Waals surface area (Å²) in [5.41, 5.74) is -0.500. The van der Waals surface area contributed by atoms with Gasteiger partial charge in [-0.15, -0.1) is 21.5 Å². The van der Waals surface area contributed by atoms with E-state index in [9.17, 15) is 9.59 Å². The highest BCUT2D eigenvalue weighted by Gasteiger charge is 2.48. The van der Waals surface area contributed by atoms with Gasteiger partial charge in [-0.05, 0) is 65.0 Å². The molecule has 2 aliphatic carbocycles. The molecule has 0 spiro atoms. The Morgan fingerprint density at radius 1 is 1.24 bits per heavy atom. The van der Waals surface area contributed by atoms with Gasteiger partial charge in [-0.1, -0.05) is 11.3 Å². The highest BCUT2D eigenvalue weighted by atomic mass is 32.1. The van der Waals surface area contributed by atoms with Gasteiger partial charge in [0.1, 0.15) is 10.6 Å². The van der Waals surface area contributed by atoms with Crippen LogP contribution in [0.2, 0.25) is 0 Å². The summed E-state index contributed by atoms with van der Waals surface area (Å²) in [4.78, 5) is 28.9. The zero-order valence-electron chi connectivity index (χ0n) is 17.1. The summed E-state index contributed by atoms with van der Waals surface area (Å²) in [5, 5.41) is 12.0. The zero-order chi connectivity index (χ0) is 20.8. The maximum Gasteiger partial charge on any atom is 0.410 e. The van der Waals surface area contributed by atoms with Crippen LogP contribution in [0.25, 0.3) is 0 Å². The average Bonchev–Trinajstić information content (AvgIpc) is 3.51. The topological polar surface area (TPSA) is 84.4 Å². The summed E-state index contributed by atoms with van der Waals surface area (Å²) >= 11 is 2.84. The van der Waals surface area contributed by atoms with Gasteiger partial charge in [-0.3, -0.25) is 10.1 Å². The highest BCUT2D eigenvalue weighted by molar-refractivity contribution is 7.16. The van der Waals surface area contributed by atoms with E-state index < -0.39 is 5.60 Å². The molecule has 0 bridgehead atoms. The Kier molecular flexibility index (Phi) is 5.37. The van der Waals surface area contributed by atoms with Crippen LogP contribution >= 0.6 is 22.7 Å². The second-order valence-electron chi connectivity index (χ2n) is 8.77. The van der Waals surface area contributed by atoms with Gasteiger partial charge in [0.2, 0.25) is 5.13 Å². The third kappa shape index (κ3) is 5.14. The van der Waals surface area contributed by atoms with Crippen molar-refractivity contribution in [1.82, 2.24) is 15.1 Å². The van der Waals surface area contributed by atoms with Crippen LogP contribution in [-0.4, -0.2) is 45.3 Å². The summed E-state index contributed by atoms with van der Waals surface area (Å²) in [6.07, 6.45) is 3.07. The van der Waals surface area contributed by atoms with Crippen LogP contribution < -0.4 is 5.32 Å². The fourth-order valence-corrected chi connectivity index (χ4v) is 4.92. The first-order chi connectivity index (χ1) is 13.7. The fraction of sp³-hybridized carbons (Fsp3) is 0.600. The first-order valence-electron chi connectivity index (χ1n) is 9.90. The Balaban J connectivity index is 1.40. The number of aromatic nitrogens is 2. The standard InChI is InChI=1S/C20H26N4O3S2/c1-11-22-23-18(28-11)21-17(25)16-8-7-15(29-16)13-9-14(13)24(10-12-5-6-12)19(26)27-20(2,3)4/h7-8,12-14H,5-6,9-10H2,1-4H3,(H,21,23,25)/t13-,14-/m1/s1. The molecule has 156 valence electrons. The zero-order valence-corrected chi connectivity index (χ0v) is 18.7. The molecule has 7 nitrogen and oxygen atoms in total. The fourth-order valence-electron chi connectivity index (χ4n) is 3.26. The number of nitrogens with zero attached hydrogens (tertiary/aromatic N) is 3. The molecule has 2 aromatic heterocycles. The summed E-state index contributed by atoms with van der Waals surface area (Å²) in [6.45, 7) is 8.31. The van der Waals surface area contributed by atoms with Crippen molar-refractivity contribution < 1.29 is 14.3 Å². The molecule has 9 heteroatoms. The van der Waals surface area contributed by atoms with Crippen LogP contribution in [0.3, 0.4) is 0 Å². The normalized spacial score (nSPS) is 21.0. The monoisotopic (exact) mass is 434 g/mol. The Labute approximate surface area is 178 Å². The van der Waals surface area contributed by atoms with Crippen molar-refractivity contribution in [3.8, 4) is 0 Å². The van der Waals surface area contributed by atoms with Crippen molar-refractivity contribution in [2.24, 2.45) is 5.92 Å². The van der Waals surface area contributed by atoms with Crippen molar-refractivity contribution in [2.45, 2.75) is 64.5 Å². The minimum atomic E-state index is -0.500. The van der Waals surface area contributed by atoms with Gasteiger partial charge >= 0.3 is 6.09 Å². The Bertz CT molecular complexity index is 913. The van der Waals surface area contributed by atoms with E-state index in [-0.39, 0.29) is 24.0 Å². The minimum Gasteiger partial charge on any atom is -0.444 e. The number of rotatable bonds is 6. The molecule has 2 amide bonds. The average molecular weight is 435 g/mol. The Morgan fingerprint density at radius 3 is 2.62 bits per heavy atom. The van der Waals surface area contributed by atoms with Crippen LogP contribution in [0.4, 0.5) is 9.93 Å². The molecule has 2 fully saturated rings. The number of amides is 2. The molecular formula is C20H26N4O3S2. The predicted octanol–water partition coefficient (Wildman–Crippen LogP) is 4.66. The molecule has 0 unspecified atom stereocenters. The summed E-state index contributed by atoms with van der Waals surface area (Å²) < 4.78 is 5.64. The van der Waals surface area contributed by atoms with E-state index in [1.165, 1.54) is 35.5 Å². The first-order valence-corrected chi connectivity index (χ1v) is 11.5. The predicted molar refractivity (Wildman–Crippen MR) is 114 cm³/mol. The van der Waals surface area contributed by atoms with E-state index in [0.717, 1.165) is 22.9 Å². The lowest BCUT2D eigenvalue weighted by atomic mass is 10.2. The molecule has 2 saturated carbocycles. The van der Waals surface area contributed by atoms with Crippen LogP contribution in [0.15, 0.2) is 12.1 Å². The molecule has 0 radical (unpaired) electrons. The molecule has 2 aliphatic rings. The molecular weight excluding hydrogens is 408 g/mol. The van der Waals surface area contributed by atoms with Gasteiger partial charge in [-0.25, -0.2) is 4.79 Å². The molecule has 2 heterocycles. The largest absolute Gasteiger partial charge is 0.444 e. The SMILES string of the molecule is Cc1nnc(NC(=O)c2ccc([C@@H]3C[C@H]3N(CC3CC3)C(=O)OC(C)(C)C)s2)s1. The van der Waals surface area contributed by atoms with Crippen LogP contribution in [0.1, 0.15) is 65.5 Å². The van der Waals surface area contributed by atoms with Crippen LogP contribution in [-0.2, 0) is 4.74 Å². The lowest BCUT2D eigenvalue weighted by molar-refractivity contribution is 0.0220. The third-order valence-corrected chi connectivity index (χ3v) is 6.87. The van der Waals surface area contributed by atoms with E-state index >= 15 is 0 Å². The molecule has 1 N–H and O–H groups in total. The maximum atomic E-state index is 12.7. The van der Waals surface area contributed by atoms with E-state index in [4.69, 9.17) is 4.74 Å². The molecule has 2 aromatic rings. The minimum absolute atomic E-state index is 0.158.